The van der Waals surface area contributed by atoms with Crippen LogP contribution in [0.25, 0.3) is 0 Å². The molecule has 2 N–H and O–H groups in total. The van der Waals surface area contributed by atoms with Crippen LogP contribution in [0.15, 0.2) is 4.34 Å². The van der Waals surface area contributed by atoms with E-state index in [0.717, 1.165) is 21.5 Å². The number of nitrogens with two attached hydrogens (primary N) is 1. The molecule has 0 spiro atoms. The molecule has 1 rings (SSSR count). The van der Waals surface area contributed by atoms with E-state index in [-0.39, 0.29) is 6.04 Å². The summed E-state index contributed by atoms with van der Waals surface area (Å²) in [4.78, 5) is 0. The summed E-state index contributed by atoms with van der Waals surface area (Å²) < 4.78 is 1.03. The Kier molecular flexibility index (Phi) is 4.84. The summed E-state index contributed by atoms with van der Waals surface area (Å²) >= 11 is 3.35. The second-order valence-electron chi connectivity index (χ2n) is 3.45. The predicted molar refractivity (Wildman–Crippen MR) is 62.8 cm³/mol. The number of rotatable bonds is 5. The van der Waals surface area contributed by atoms with Crippen molar-refractivity contribution < 1.29 is 0 Å². The molecule has 0 saturated heterocycles. The lowest BCUT2D eigenvalue weighted by Gasteiger charge is -2.16. The molecule has 0 amide bonds. The highest BCUT2D eigenvalue weighted by atomic mass is 32.2. The van der Waals surface area contributed by atoms with E-state index in [1.165, 1.54) is 0 Å². The smallest absolute Gasteiger partial charge is 0.174 e. The van der Waals surface area contributed by atoms with Crippen LogP contribution in [0.3, 0.4) is 0 Å². The van der Waals surface area contributed by atoms with Crippen LogP contribution in [0.2, 0.25) is 0 Å². The molecule has 5 heteroatoms. The summed E-state index contributed by atoms with van der Waals surface area (Å²) in [6.07, 6.45) is 1.14. The molecule has 80 valence electrons. The van der Waals surface area contributed by atoms with Gasteiger partial charge in [0.25, 0.3) is 0 Å². The van der Waals surface area contributed by atoms with E-state index in [1.54, 1.807) is 23.1 Å². The maximum Gasteiger partial charge on any atom is 0.174 e. The molecule has 1 heterocycles. The van der Waals surface area contributed by atoms with Gasteiger partial charge >= 0.3 is 0 Å². The van der Waals surface area contributed by atoms with Crippen molar-refractivity contribution in [1.82, 2.24) is 10.2 Å². The van der Waals surface area contributed by atoms with E-state index in [4.69, 9.17) is 5.73 Å². The number of aromatic nitrogens is 2. The van der Waals surface area contributed by atoms with Crippen molar-refractivity contribution in [3.8, 4) is 0 Å². The summed E-state index contributed by atoms with van der Waals surface area (Å²) in [6.45, 7) is 6.33. The maximum atomic E-state index is 6.02. The Morgan fingerprint density at radius 2 is 2.21 bits per heavy atom. The zero-order valence-corrected chi connectivity index (χ0v) is 10.5. The highest BCUT2D eigenvalue weighted by Crippen LogP contribution is 2.23. The van der Waals surface area contributed by atoms with Gasteiger partial charge in [-0.2, -0.15) is 0 Å². The molecule has 14 heavy (non-hydrogen) atoms. The highest BCUT2D eigenvalue weighted by molar-refractivity contribution is 8.01. The Labute approximate surface area is 93.5 Å². The van der Waals surface area contributed by atoms with Crippen LogP contribution in [-0.2, 0) is 0 Å². The number of hydrogen-bond acceptors (Lipinski definition) is 5. The molecule has 3 nitrogen and oxygen atoms in total. The molecule has 0 aliphatic rings. The van der Waals surface area contributed by atoms with Gasteiger partial charge in [0.05, 0.1) is 0 Å². The average Bonchev–Trinajstić information content (AvgIpc) is 2.59. The van der Waals surface area contributed by atoms with Crippen molar-refractivity contribution >= 4 is 23.1 Å². The lowest BCUT2D eigenvalue weighted by atomic mass is 10.0. The molecule has 0 aromatic carbocycles. The first-order valence-corrected chi connectivity index (χ1v) is 6.62. The monoisotopic (exact) mass is 231 g/mol. The Morgan fingerprint density at radius 1 is 1.50 bits per heavy atom. The summed E-state index contributed by atoms with van der Waals surface area (Å²) in [5.74, 6) is 1.51. The van der Waals surface area contributed by atoms with Crippen LogP contribution in [0.5, 0.6) is 0 Å². The van der Waals surface area contributed by atoms with Gasteiger partial charge in [0.1, 0.15) is 5.01 Å². The third-order valence-corrected chi connectivity index (χ3v) is 4.40. The molecule has 1 aromatic rings. The second kappa shape index (κ2) is 5.68. The minimum Gasteiger partial charge on any atom is -0.327 e. The van der Waals surface area contributed by atoms with Gasteiger partial charge in [0.2, 0.25) is 0 Å². The lowest BCUT2D eigenvalue weighted by Crippen LogP contribution is -2.30. The fraction of sp³-hybridized carbons (Fsp3) is 0.778. The van der Waals surface area contributed by atoms with Crippen LogP contribution < -0.4 is 5.73 Å². The van der Waals surface area contributed by atoms with Gasteiger partial charge in [-0.25, -0.2) is 0 Å². The minimum atomic E-state index is 0.259. The van der Waals surface area contributed by atoms with E-state index in [1.807, 2.05) is 6.92 Å². The molecule has 0 aliphatic carbocycles. The number of aryl methyl sites for hydroxylation is 1. The molecular weight excluding hydrogens is 214 g/mol. The van der Waals surface area contributed by atoms with Gasteiger partial charge in [0, 0.05) is 11.8 Å². The van der Waals surface area contributed by atoms with Crippen molar-refractivity contribution in [2.75, 3.05) is 5.75 Å². The predicted octanol–water partition coefficient (Wildman–Crippen LogP) is 2.31. The molecular formula is C9H17N3S2. The Hall–Kier alpha value is -0.130. The van der Waals surface area contributed by atoms with E-state index in [9.17, 15) is 0 Å². The van der Waals surface area contributed by atoms with Crippen molar-refractivity contribution in [3.05, 3.63) is 5.01 Å². The SMILES string of the molecule is CCC(C)C(N)CSc1nnc(C)s1. The van der Waals surface area contributed by atoms with Crippen LogP contribution >= 0.6 is 23.1 Å². The second-order valence-corrected chi connectivity index (χ2v) is 5.90. The first-order valence-electron chi connectivity index (χ1n) is 4.82. The number of nitrogens with zero attached hydrogens (tertiary/aromatic N) is 2. The van der Waals surface area contributed by atoms with E-state index >= 15 is 0 Å². The Balaban J connectivity index is 2.33. The van der Waals surface area contributed by atoms with Crippen molar-refractivity contribution in [2.24, 2.45) is 11.7 Å². The van der Waals surface area contributed by atoms with Crippen molar-refractivity contribution in [1.29, 1.82) is 0 Å². The number of thioether (sulfide) groups is 1. The van der Waals surface area contributed by atoms with Gasteiger partial charge in [-0.15, -0.1) is 10.2 Å². The van der Waals surface area contributed by atoms with Crippen LogP contribution in [0.1, 0.15) is 25.3 Å². The first-order chi connectivity index (χ1) is 6.63. The van der Waals surface area contributed by atoms with Gasteiger partial charge in [-0.1, -0.05) is 43.4 Å². The minimum absolute atomic E-state index is 0.259. The van der Waals surface area contributed by atoms with Gasteiger partial charge in [0.15, 0.2) is 4.34 Å². The third kappa shape index (κ3) is 3.55. The largest absolute Gasteiger partial charge is 0.327 e. The summed E-state index contributed by atoms with van der Waals surface area (Å²) in [7, 11) is 0. The Morgan fingerprint density at radius 3 is 2.71 bits per heavy atom. The third-order valence-electron chi connectivity index (χ3n) is 2.28. The zero-order chi connectivity index (χ0) is 10.6. The summed E-state index contributed by atoms with van der Waals surface area (Å²) in [5.41, 5.74) is 6.02. The average molecular weight is 231 g/mol. The van der Waals surface area contributed by atoms with E-state index in [2.05, 4.69) is 24.0 Å². The molecule has 1 aromatic heterocycles. The quantitative estimate of drug-likeness (QED) is 0.790. The molecule has 0 bridgehead atoms. The van der Waals surface area contributed by atoms with E-state index < -0.39 is 0 Å². The van der Waals surface area contributed by atoms with Crippen molar-refractivity contribution in [3.63, 3.8) is 0 Å². The maximum absolute atomic E-state index is 6.02. The summed E-state index contributed by atoms with van der Waals surface area (Å²) in [6, 6.07) is 0.259. The van der Waals surface area contributed by atoms with Crippen molar-refractivity contribution in [2.45, 2.75) is 37.6 Å². The fourth-order valence-corrected chi connectivity index (χ4v) is 2.95. The van der Waals surface area contributed by atoms with Crippen LogP contribution in [0, 0.1) is 12.8 Å². The molecule has 0 saturated carbocycles. The van der Waals surface area contributed by atoms with Crippen LogP contribution in [-0.4, -0.2) is 22.0 Å². The fourth-order valence-electron chi connectivity index (χ4n) is 0.971. The summed E-state index contributed by atoms with van der Waals surface area (Å²) in [5, 5.41) is 9.03. The number of hydrogen-bond donors (Lipinski definition) is 1. The highest BCUT2D eigenvalue weighted by Gasteiger charge is 2.12. The first kappa shape index (κ1) is 11.9. The lowest BCUT2D eigenvalue weighted by molar-refractivity contribution is 0.475. The molecule has 0 aliphatic heterocycles. The zero-order valence-electron chi connectivity index (χ0n) is 8.86. The molecule has 0 radical (unpaired) electrons. The van der Waals surface area contributed by atoms with Gasteiger partial charge < -0.3 is 5.73 Å². The molecule has 0 fully saturated rings. The molecule has 2 unspecified atom stereocenters. The molecule has 2 atom stereocenters. The van der Waals surface area contributed by atoms with Gasteiger partial charge in [-0.3, -0.25) is 0 Å². The Bertz CT molecular complexity index is 275. The normalized spacial score (nSPS) is 15.4. The van der Waals surface area contributed by atoms with Crippen LogP contribution in [0.4, 0.5) is 0 Å². The van der Waals surface area contributed by atoms with E-state index in [0.29, 0.717) is 5.92 Å². The standard InChI is InChI=1S/C9H17N3S2/c1-4-6(2)8(10)5-13-9-12-11-7(3)14-9/h6,8H,4-5,10H2,1-3H3. The van der Waals surface area contributed by atoms with Gasteiger partial charge in [-0.05, 0) is 12.8 Å². The topological polar surface area (TPSA) is 51.8 Å².